The van der Waals surface area contributed by atoms with E-state index in [1.54, 1.807) is 24.0 Å². The first kappa shape index (κ1) is 17.7. The van der Waals surface area contributed by atoms with Gasteiger partial charge in [-0.25, -0.2) is 4.39 Å². The minimum atomic E-state index is -0.300. The average molecular weight is 386 g/mol. The summed E-state index contributed by atoms with van der Waals surface area (Å²) in [5.74, 6) is -0.525. The molecule has 1 saturated heterocycles. The van der Waals surface area contributed by atoms with E-state index in [1.165, 1.54) is 29.9 Å². The fourth-order valence-electron chi connectivity index (χ4n) is 3.52. The molecule has 0 atom stereocenters. The van der Waals surface area contributed by atoms with Gasteiger partial charge >= 0.3 is 0 Å². The number of hydrogen-bond acceptors (Lipinski definition) is 4. The first-order chi connectivity index (χ1) is 13.0. The number of furan rings is 1. The third-order valence-corrected chi connectivity index (χ3v) is 6.25. The summed E-state index contributed by atoms with van der Waals surface area (Å²) in [5, 5.41) is 3.56. The molecule has 7 heteroatoms. The molecule has 4 rings (SSSR count). The van der Waals surface area contributed by atoms with E-state index in [-0.39, 0.29) is 23.7 Å². The van der Waals surface area contributed by atoms with Gasteiger partial charge in [0.1, 0.15) is 12.1 Å². The molecule has 1 aliphatic heterocycles. The van der Waals surface area contributed by atoms with E-state index >= 15 is 0 Å². The maximum atomic E-state index is 14.0. The predicted molar refractivity (Wildman–Crippen MR) is 102 cm³/mol. The van der Waals surface area contributed by atoms with Crippen molar-refractivity contribution < 1.29 is 18.4 Å². The first-order valence-electron chi connectivity index (χ1n) is 8.84. The highest BCUT2D eigenvalue weighted by atomic mass is 32.1. The topological polar surface area (TPSA) is 62.6 Å². The number of nitrogens with one attached hydrogen (secondary N) is 1. The molecule has 0 spiro atoms. The summed E-state index contributed by atoms with van der Waals surface area (Å²) >= 11 is 1.31. The highest BCUT2D eigenvalue weighted by Crippen LogP contribution is 2.32. The maximum absolute atomic E-state index is 14.0. The molecule has 0 saturated carbocycles. The zero-order chi connectivity index (χ0) is 19.0. The number of thiophene rings is 1. The van der Waals surface area contributed by atoms with Gasteiger partial charge in [-0.1, -0.05) is 6.07 Å². The third kappa shape index (κ3) is 3.35. The van der Waals surface area contributed by atoms with Gasteiger partial charge in [0.05, 0.1) is 16.7 Å². The predicted octanol–water partition coefficient (Wildman–Crippen LogP) is 3.98. The van der Waals surface area contributed by atoms with Gasteiger partial charge in [0.2, 0.25) is 0 Å². The van der Waals surface area contributed by atoms with Gasteiger partial charge in [-0.15, -0.1) is 11.3 Å². The Bertz CT molecular complexity index is 988. The van der Waals surface area contributed by atoms with Gasteiger partial charge in [-0.3, -0.25) is 9.59 Å². The van der Waals surface area contributed by atoms with Crippen LogP contribution in [0.1, 0.15) is 38.4 Å². The number of aryl methyl sites for hydroxylation is 1. The number of halogens is 1. The second kappa shape index (κ2) is 7.15. The highest BCUT2D eigenvalue weighted by Gasteiger charge is 2.26. The van der Waals surface area contributed by atoms with Crippen molar-refractivity contribution >= 4 is 33.2 Å². The Morgan fingerprint density at radius 2 is 2.04 bits per heavy atom. The van der Waals surface area contributed by atoms with Crippen LogP contribution in [0.5, 0.6) is 0 Å². The van der Waals surface area contributed by atoms with Gasteiger partial charge in [0, 0.05) is 29.2 Å². The van der Waals surface area contributed by atoms with Crippen molar-refractivity contribution in [1.82, 2.24) is 10.2 Å². The molecule has 27 heavy (non-hydrogen) atoms. The van der Waals surface area contributed by atoms with Gasteiger partial charge in [-0.05, 0) is 43.5 Å². The number of nitrogens with zero attached hydrogens (tertiary/aromatic N) is 1. The van der Waals surface area contributed by atoms with Crippen molar-refractivity contribution in [1.29, 1.82) is 0 Å². The van der Waals surface area contributed by atoms with E-state index < -0.39 is 0 Å². The molecular formula is C20H19FN2O3S. The van der Waals surface area contributed by atoms with Gasteiger partial charge in [-0.2, -0.15) is 0 Å². The number of carbonyl (C=O) groups excluding carboxylic acids is 2. The zero-order valence-electron chi connectivity index (χ0n) is 14.8. The van der Waals surface area contributed by atoms with Crippen LogP contribution in [0.15, 0.2) is 41.2 Å². The summed E-state index contributed by atoms with van der Waals surface area (Å²) in [6, 6.07) is 6.55. The van der Waals surface area contributed by atoms with Crippen LogP contribution in [-0.4, -0.2) is 35.8 Å². The van der Waals surface area contributed by atoms with Crippen molar-refractivity contribution in [2.45, 2.75) is 25.8 Å². The Labute approximate surface area is 159 Å². The van der Waals surface area contributed by atoms with Crippen molar-refractivity contribution in [3.05, 3.63) is 58.6 Å². The van der Waals surface area contributed by atoms with Crippen LogP contribution < -0.4 is 5.32 Å². The number of carbonyl (C=O) groups is 2. The average Bonchev–Trinajstić information content (AvgIpc) is 3.31. The normalized spacial score (nSPS) is 15.3. The quantitative estimate of drug-likeness (QED) is 0.741. The van der Waals surface area contributed by atoms with E-state index in [1.807, 2.05) is 6.07 Å². The Balaban J connectivity index is 1.41. The molecule has 1 N–H and O–H groups in total. The SMILES string of the molecule is Cc1c(C(=O)NC2CCN(C(=O)c3ccoc3)CC2)sc2cccc(F)c12. The number of hydrogen-bond donors (Lipinski definition) is 1. The molecule has 1 aliphatic rings. The summed E-state index contributed by atoms with van der Waals surface area (Å²) in [5.41, 5.74) is 1.22. The highest BCUT2D eigenvalue weighted by molar-refractivity contribution is 7.21. The fourth-order valence-corrected chi connectivity index (χ4v) is 4.64. The summed E-state index contributed by atoms with van der Waals surface area (Å²) in [6.45, 7) is 2.94. The van der Waals surface area contributed by atoms with Gasteiger partial charge < -0.3 is 14.6 Å². The number of piperidine rings is 1. The number of benzene rings is 1. The minimum Gasteiger partial charge on any atom is -0.472 e. The third-order valence-electron chi connectivity index (χ3n) is 4.99. The lowest BCUT2D eigenvalue weighted by molar-refractivity contribution is 0.0697. The van der Waals surface area contributed by atoms with Crippen LogP contribution in [-0.2, 0) is 0 Å². The van der Waals surface area contributed by atoms with E-state index in [0.29, 0.717) is 47.3 Å². The molecular weight excluding hydrogens is 367 g/mol. The largest absolute Gasteiger partial charge is 0.472 e. The van der Waals surface area contributed by atoms with Gasteiger partial charge in [0.15, 0.2) is 0 Å². The molecule has 140 valence electrons. The molecule has 0 unspecified atom stereocenters. The Morgan fingerprint density at radius 1 is 1.26 bits per heavy atom. The molecule has 0 radical (unpaired) electrons. The number of amides is 2. The van der Waals surface area contributed by atoms with Crippen LogP contribution >= 0.6 is 11.3 Å². The van der Waals surface area contributed by atoms with Crippen molar-refractivity contribution in [3.8, 4) is 0 Å². The molecule has 2 amide bonds. The number of rotatable bonds is 3. The van der Waals surface area contributed by atoms with Crippen LogP contribution in [0.2, 0.25) is 0 Å². The Kier molecular flexibility index (Phi) is 4.70. The molecule has 1 fully saturated rings. The lowest BCUT2D eigenvalue weighted by atomic mass is 10.0. The summed E-state index contributed by atoms with van der Waals surface area (Å²) in [4.78, 5) is 27.4. The molecule has 0 aliphatic carbocycles. The van der Waals surface area contributed by atoms with Crippen LogP contribution in [0.3, 0.4) is 0 Å². The van der Waals surface area contributed by atoms with Crippen LogP contribution in [0.25, 0.3) is 10.1 Å². The first-order valence-corrected chi connectivity index (χ1v) is 9.66. The van der Waals surface area contributed by atoms with E-state index in [2.05, 4.69) is 5.32 Å². The van der Waals surface area contributed by atoms with Crippen molar-refractivity contribution in [3.63, 3.8) is 0 Å². The Hall–Kier alpha value is -2.67. The van der Waals surface area contributed by atoms with E-state index in [4.69, 9.17) is 4.42 Å². The monoisotopic (exact) mass is 386 g/mol. The van der Waals surface area contributed by atoms with Crippen LogP contribution in [0, 0.1) is 12.7 Å². The number of likely N-dealkylation sites (tertiary alicyclic amines) is 1. The maximum Gasteiger partial charge on any atom is 0.261 e. The van der Waals surface area contributed by atoms with Crippen LogP contribution in [0.4, 0.5) is 4.39 Å². The second-order valence-corrected chi connectivity index (χ2v) is 7.77. The lowest BCUT2D eigenvalue weighted by Crippen LogP contribution is -2.46. The summed E-state index contributed by atoms with van der Waals surface area (Å²) in [7, 11) is 0. The molecule has 3 aromatic rings. The molecule has 0 bridgehead atoms. The summed E-state index contributed by atoms with van der Waals surface area (Å²) < 4.78 is 19.8. The van der Waals surface area contributed by atoms with Gasteiger partial charge in [0.25, 0.3) is 11.8 Å². The fraction of sp³-hybridized carbons (Fsp3) is 0.300. The van der Waals surface area contributed by atoms with E-state index in [0.717, 1.165) is 4.70 Å². The van der Waals surface area contributed by atoms with Crippen molar-refractivity contribution in [2.24, 2.45) is 0 Å². The van der Waals surface area contributed by atoms with E-state index in [9.17, 15) is 14.0 Å². The minimum absolute atomic E-state index is 0.000332. The standard InChI is InChI=1S/C20H19FN2O3S/c1-12-17-15(21)3-2-4-16(17)27-18(12)19(24)22-14-5-8-23(9-6-14)20(25)13-7-10-26-11-13/h2-4,7,10-11,14H,5-6,8-9H2,1H3,(H,22,24). The molecule has 2 aromatic heterocycles. The van der Waals surface area contributed by atoms with Crippen molar-refractivity contribution in [2.75, 3.05) is 13.1 Å². The number of fused-ring (bicyclic) bond motifs is 1. The Morgan fingerprint density at radius 3 is 2.70 bits per heavy atom. The zero-order valence-corrected chi connectivity index (χ0v) is 15.6. The lowest BCUT2D eigenvalue weighted by Gasteiger charge is -2.32. The smallest absolute Gasteiger partial charge is 0.261 e. The molecule has 5 nitrogen and oxygen atoms in total. The molecule has 3 heterocycles. The second-order valence-electron chi connectivity index (χ2n) is 6.72. The molecule has 1 aromatic carbocycles. The summed E-state index contributed by atoms with van der Waals surface area (Å²) in [6.07, 6.45) is 4.30.